The number of hydrogen-bond donors (Lipinski definition) is 1. The molecule has 0 aliphatic rings. The fraction of sp³-hybridized carbons (Fsp3) is 0.0909. The lowest BCUT2D eigenvalue weighted by atomic mass is 10.2. The lowest BCUT2D eigenvalue weighted by molar-refractivity contribution is 0.598. The van der Waals surface area contributed by atoms with Crippen molar-refractivity contribution >= 4 is 21.8 Å². The van der Waals surface area contributed by atoms with E-state index in [2.05, 4.69) is 24.0 Å². The van der Waals surface area contributed by atoms with Gasteiger partial charge in [0.1, 0.15) is 5.82 Å². The molecule has 2 aromatic heterocycles. The second-order valence-corrected chi connectivity index (χ2v) is 9.34. The van der Waals surface area contributed by atoms with Crippen molar-refractivity contribution in [3.8, 4) is 17.1 Å². The fourth-order valence-corrected chi connectivity index (χ4v) is 4.49. The Labute approximate surface area is 179 Å². The summed E-state index contributed by atoms with van der Waals surface area (Å²) in [7, 11) is -3.74. The zero-order valence-corrected chi connectivity index (χ0v) is 17.9. The van der Waals surface area contributed by atoms with Crippen LogP contribution in [-0.2, 0) is 15.8 Å². The van der Waals surface area contributed by atoms with Crippen molar-refractivity contribution in [1.82, 2.24) is 14.5 Å². The molecule has 0 radical (unpaired) electrons. The SMILES string of the molecule is Cc1ccccc1SCc1cn(-c2ccc(S(N)(=O)=O)cc2)c(-c2cccnc2)n1. The van der Waals surface area contributed by atoms with Crippen molar-refractivity contribution in [3.05, 3.63) is 90.5 Å². The number of pyridine rings is 1. The maximum absolute atomic E-state index is 11.6. The highest BCUT2D eigenvalue weighted by Crippen LogP contribution is 2.28. The van der Waals surface area contributed by atoms with Gasteiger partial charge in [-0.2, -0.15) is 0 Å². The molecule has 0 unspecified atom stereocenters. The number of imidazole rings is 1. The molecule has 4 aromatic rings. The highest BCUT2D eigenvalue weighted by Gasteiger charge is 2.14. The normalized spacial score (nSPS) is 11.5. The van der Waals surface area contributed by atoms with Crippen LogP contribution in [0.1, 0.15) is 11.3 Å². The van der Waals surface area contributed by atoms with E-state index in [1.54, 1.807) is 36.3 Å². The van der Waals surface area contributed by atoms with Gasteiger partial charge in [-0.15, -0.1) is 11.8 Å². The van der Waals surface area contributed by atoms with Gasteiger partial charge in [-0.05, 0) is 55.0 Å². The minimum Gasteiger partial charge on any atom is -0.299 e. The number of aryl methyl sites for hydroxylation is 1. The Morgan fingerprint density at radius 1 is 1.03 bits per heavy atom. The van der Waals surface area contributed by atoms with Gasteiger partial charge in [0.05, 0.1) is 10.6 Å². The molecule has 0 atom stereocenters. The van der Waals surface area contributed by atoms with Gasteiger partial charge in [-0.25, -0.2) is 18.5 Å². The van der Waals surface area contributed by atoms with Crippen LogP contribution < -0.4 is 5.14 Å². The zero-order chi connectivity index (χ0) is 21.1. The summed E-state index contributed by atoms with van der Waals surface area (Å²) < 4.78 is 25.1. The molecular formula is C22H20N4O2S2. The van der Waals surface area contributed by atoms with E-state index in [1.165, 1.54) is 22.6 Å². The Kier molecular flexibility index (Phi) is 5.72. The lowest BCUT2D eigenvalue weighted by Gasteiger charge is -2.08. The maximum Gasteiger partial charge on any atom is 0.238 e. The number of benzene rings is 2. The topological polar surface area (TPSA) is 90.9 Å². The number of nitrogens with two attached hydrogens (primary N) is 1. The van der Waals surface area contributed by atoms with Gasteiger partial charge in [0.2, 0.25) is 10.0 Å². The van der Waals surface area contributed by atoms with Crippen LogP contribution in [0.15, 0.2) is 89.0 Å². The van der Waals surface area contributed by atoms with E-state index in [1.807, 2.05) is 35.0 Å². The van der Waals surface area contributed by atoms with Gasteiger partial charge in [0.25, 0.3) is 0 Å². The number of rotatable bonds is 6. The van der Waals surface area contributed by atoms with Gasteiger partial charge >= 0.3 is 0 Å². The number of nitrogens with zero attached hydrogens (tertiary/aromatic N) is 3. The highest BCUT2D eigenvalue weighted by atomic mass is 32.2. The van der Waals surface area contributed by atoms with Crippen LogP contribution in [0.4, 0.5) is 0 Å². The Morgan fingerprint density at radius 2 is 1.80 bits per heavy atom. The summed E-state index contributed by atoms with van der Waals surface area (Å²) in [6.45, 7) is 2.09. The monoisotopic (exact) mass is 436 g/mol. The summed E-state index contributed by atoms with van der Waals surface area (Å²) in [6.07, 6.45) is 5.45. The van der Waals surface area contributed by atoms with E-state index in [-0.39, 0.29) is 4.90 Å². The largest absolute Gasteiger partial charge is 0.299 e. The average molecular weight is 437 g/mol. The molecule has 0 spiro atoms. The van der Waals surface area contributed by atoms with Gasteiger partial charge in [-0.1, -0.05) is 18.2 Å². The molecule has 0 aliphatic carbocycles. The van der Waals surface area contributed by atoms with Crippen LogP contribution in [0.5, 0.6) is 0 Å². The predicted molar refractivity (Wildman–Crippen MR) is 119 cm³/mol. The van der Waals surface area contributed by atoms with Crippen molar-refractivity contribution in [2.45, 2.75) is 22.5 Å². The Bertz CT molecular complexity index is 1270. The summed E-state index contributed by atoms with van der Waals surface area (Å²) in [6, 6.07) is 18.5. The van der Waals surface area contributed by atoms with E-state index in [9.17, 15) is 8.42 Å². The maximum atomic E-state index is 11.6. The molecule has 2 aromatic carbocycles. The highest BCUT2D eigenvalue weighted by molar-refractivity contribution is 7.98. The van der Waals surface area contributed by atoms with Crippen LogP contribution in [0.25, 0.3) is 17.1 Å². The van der Waals surface area contributed by atoms with Crippen molar-refractivity contribution in [3.63, 3.8) is 0 Å². The first-order chi connectivity index (χ1) is 14.4. The van der Waals surface area contributed by atoms with Crippen molar-refractivity contribution in [2.24, 2.45) is 5.14 Å². The van der Waals surface area contributed by atoms with Crippen molar-refractivity contribution in [2.75, 3.05) is 0 Å². The standard InChI is InChI=1S/C22H20N4O2S2/c1-16-5-2-3-7-21(16)29-15-18-14-26(22(25-18)17-6-4-12-24-13-17)19-8-10-20(11-9-19)30(23,27)28/h2-14H,15H2,1H3,(H2,23,27,28). The minimum absolute atomic E-state index is 0.0737. The zero-order valence-electron chi connectivity index (χ0n) is 16.3. The Balaban J connectivity index is 1.70. The van der Waals surface area contributed by atoms with Crippen LogP contribution in [0.2, 0.25) is 0 Å². The van der Waals surface area contributed by atoms with Crippen LogP contribution in [0, 0.1) is 6.92 Å². The summed E-state index contributed by atoms with van der Waals surface area (Å²) in [5, 5.41) is 5.22. The summed E-state index contributed by atoms with van der Waals surface area (Å²) in [5.41, 5.74) is 3.81. The molecule has 2 heterocycles. The molecule has 6 nitrogen and oxygen atoms in total. The molecular weight excluding hydrogens is 416 g/mol. The van der Waals surface area contributed by atoms with Crippen LogP contribution >= 0.6 is 11.8 Å². The second kappa shape index (κ2) is 8.43. The molecule has 0 saturated heterocycles. The van der Waals surface area contributed by atoms with E-state index in [0.717, 1.165) is 22.8 Å². The average Bonchev–Trinajstić information content (AvgIpc) is 3.18. The van der Waals surface area contributed by atoms with E-state index >= 15 is 0 Å². The van der Waals surface area contributed by atoms with Crippen LogP contribution in [0.3, 0.4) is 0 Å². The number of thioether (sulfide) groups is 1. The molecule has 8 heteroatoms. The van der Waals surface area contributed by atoms with Gasteiger partial charge < -0.3 is 0 Å². The van der Waals surface area contributed by atoms with Crippen molar-refractivity contribution < 1.29 is 8.42 Å². The number of hydrogen-bond acceptors (Lipinski definition) is 5. The molecule has 0 bridgehead atoms. The third kappa shape index (κ3) is 4.46. The third-order valence-electron chi connectivity index (χ3n) is 4.59. The quantitative estimate of drug-likeness (QED) is 0.458. The summed E-state index contributed by atoms with van der Waals surface area (Å²) in [5.74, 6) is 1.45. The number of aromatic nitrogens is 3. The first kappa shape index (κ1) is 20.3. The predicted octanol–water partition coefficient (Wildman–Crippen LogP) is 4.18. The first-order valence-electron chi connectivity index (χ1n) is 9.22. The second-order valence-electron chi connectivity index (χ2n) is 6.76. The first-order valence-corrected chi connectivity index (χ1v) is 11.8. The molecule has 2 N–H and O–H groups in total. The van der Waals surface area contributed by atoms with E-state index < -0.39 is 10.0 Å². The van der Waals surface area contributed by atoms with Gasteiger partial charge in [0, 0.05) is 40.5 Å². The third-order valence-corrected chi connectivity index (χ3v) is 6.73. The van der Waals surface area contributed by atoms with Crippen molar-refractivity contribution in [1.29, 1.82) is 0 Å². The van der Waals surface area contributed by atoms with E-state index in [4.69, 9.17) is 10.1 Å². The molecule has 4 rings (SSSR count). The Morgan fingerprint density at radius 3 is 2.47 bits per heavy atom. The molecule has 0 fully saturated rings. The molecule has 30 heavy (non-hydrogen) atoms. The molecule has 0 aliphatic heterocycles. The van der Waals surface area contributed by atoms with E-state index in [0.29, 0.717) is 5.75 Å². The lowest BCUT2D eigenvalue weighted by Crippen LogP contribution is -2.12. The van der Waals surface area contributed by atoms with Gasteiger partial charge in [0.15, 0.2) is 0 Å². The van der Waals surface area contributed by atoms with Crippen LogP contribution in [-0.4, -0.2) is 23.0 Å². The number of sulfonamides is 1. The minimum atomic E-state index is -3.74. The molecule has 0 saturated carbocycles. The summed E-state index contributed by atoms with van der Waals surface area (Å²) >= 11 is 1.73. The Hall–Kier alpha value is -2.94. The fourth-order valence-electron chi connectivity index (χ4n) is 3.06. The van der Waals surface area contributed by atoms with Gasteiger partial charge in [-0.3, -0.25) is 9.55 Å². The smallest absolute Gasteiger partial charge is 0.238 e. The molecule has 152 valence electrons. The summed E-state index contributed by atoms with van der Waals surface area (Å²) in [4.78, 5) is 10.3. The molecule has 0 amide bonds. The number of primary sulfonamides is 1.